The van der Waals surface area contributed by atoms with E-state index in [0.717, 1.165) is 8.87 Å². The monoisotopic (exact) mass is 529 g/mol. The van der Waals surface area contributed by atoms with E-state index in [1.54, 1.807) is 36.4 Å². The lowest BCUT2D eigenvalue weighted by molar-refractivity contribution is 0.0655. The van der Waals surface area contributed by atoms with E-state index in [4.69, 9.17) is 27.9 Å². The van der Waals surface area contributed by atoms with Gasteiger partial charge in [-0.05, 0) is 36.4 Å². The lowest BCUT2D eigenvalue weighted by Gasteiger charge is -2.16. The molecule has 0 radical (unpaired) electrons. The summed E-state index contributed by atoms with van der Waals surface area (Å²) in [6.07, 6.45) is -0.0240. The van der Waals surface area contributed by atoms with Crippen LogP contribution in [0.4, 0.5) is 0 Å². The number of rotatable bonds is 6. The van der Waals surface area contributed by atoms with E-state index in [2.05, 4.69) is 4.98 Å². The summed E-state index contributed by atoms with van der Waals surface area (Å²) in [5, 5.41) is 0.368. The number of carbonyl (C=O) groups excluding carboxylic acids is 2. The van der Waals surface area contributed by atoms with Crippen molar-refractivity contribution in [2.45, 2.75) is 11.3 Å². The topological polar surface area (TPSA) is 98.6 Å². The van der Waals surface area contributed by atoms with Gasteiger partial charge in [-0.25, -0.2) is 17.4 Å². The Bertz CT molecular complexity index is 1600. The largest absolute Gasteiger partial charge is 0.495 e. The molecule has 35 heavy (non-hydrogen) atoms. The average molecular weight is 530 g/mol. The van der Waals surface area contributed by atoms with Gasteiger partial charge in [0, 0.05) is 13.0 Å². The predicted octanol–water partition coefficient (Wildman–Crippen LogP) is 4.43. The molecule has 8 nitrogen and oxygen atoms in total. The number of carbonyl (C=O) groups is 2. The molecule has 0 aliphatic carbocycles. The third kappa shape index (κ3) is 3.76. The quantitative estimate of drug-likeness (QED) is 0.342. The second-order valence-electron chi connectivity index (χ2n) is 7.76. The average Bonchev–Trinajstić information content (AvgIpc) is 3.32. The zero-order chi connectivity index (χ0) is 24.9. The number of hydrogen-bond donors (Lipinski definition) is 0. The molecule has 1 aliphatic rings. The smallest absolute Gasteiger partial charge is 0.273 e. The second kappa shape index (κ2) is 8.67. The number of para-hydroxylation sites is 1. The van der Waals surface area contributed by atoms with E-state index in [1.165, 1.54) is 31.4 Å². The molecule has 0 saturated carbocycles. The number of methoxy groups -OCH3 is 1. The summed E-state index contributed by atoms with van der Waals surface area (Å²) in [5.41, 5.74) is 1.13. The highest BCUT2D eigenvalue weighted by molar-refractivity contribution is 7.90. The van der Waals surface area contributed by atoms with Gasteiger partial charge in [-0.2, -0.15) is 0 Å². The fourth-order valence-corrected chi connectivity index (χ4v) is 6.09. The van der Waals surface area contributed by atoms with Gasteiger partial charge in [0.15, 0.2) is 0 Å². The van der Waals surface area contributed by atoms with Crippen LogP contribution in [0.2, 0.25) is 10.0 Å². The molecule has 0 fully saturated rings. The molecule has 2 heterocycles. The maximum absolute atomic E-state index is 13.8. The zero-order valence-corrected chi connectivity index (χ0v) is 20.6. The molecule has 4 aromatic rings. The van der Waals surface area contributed by atoms with Crippen molar-refractivity contribution >= 4 is 56.1 Å². The summed E-state index contributed by atoms with van der Waals surface area (Å²) in [6, 6.07) is 15.6. The number of fused-ring (bicyclic) bond motifs is 2. The summed E-state index contributed by atoms with van der Waals surface area (Å²) < 4.78 is 34.0. The minimum Gasteiger partial charge on any atom is -0.495 e. The van der Waals surface area contributed by atoms with E-state index in [9.17, 15) is 18.0 Å². The second-order valence-corrected chi connectivity index (χ2v) is 10.3. The summed E-state index contributed by atoms with van der Waals surface area (Å²) in [6.45, 7) is -0.0709. The third-order valence-electron chi connectivity index (χ3n) is 5.74. The Labute approximate surface area is 210 Å². The first kappa shape index (κ1) is 23.3. The maximum Gasteiger partial charge on any atom is 0.273 e. The fourth-order valence-electron chi connectivity index (χ4n) is 4.11. The fraction of sp³-hybridized carbons (Fsp3) is 0.125. The van der Waals surface area contributed by atoms with E-state index in [1.807, 2.05) is 0 Å². The van der Waals surface area contributed by atoms with Crippen molar-refractivity contribution in [2.75, 3.05) is 13.7 Å². The molecular weight excluding hydrogens is 513 g/mol. The van der Waals surface area contributed by atoms with Gasteiger partial charge in [0.2, 0.25) is 0 Å². The molecule has 0 saturated heterocycles. The number of aromatic nitrogens is 2. The predicted molar refractivity (Wildman–Crippen MR) is 131 cm³/mol. The Morgan fingerprint density at radius 1 is 0.914 bits per heavy atom. The summed E-state index contributed by atoms with van der Waals surface area (Å²) in [5.74, 6) is -0.611. The maximum atomic E-state index is 13.8. The Morgan fingerprint density at radius 3 is 2.17 bits per heavy atom. The summed E-state index contributed by atoms with van der Waals surface area (Å²) in [4.78, 5) is 31.1. The number of imide groups is 1. The molecule has 0 bridgehead atoms. The van der Waals surface area contributed by atoms with Gasteiger partial charge < -0.3 is 4.74 Å². The Morgan fingerprint density at radius 2 is 1.51 bits per heavy atom. The van der Waals surface area contributed by atoms with Crippen molar-refractivity contribution in [1.82, 2.24) is 13.9 Å². The van der Waals surface area contributed by atoms with Gasteiger partial charge in [-0.3, -0.25) is 14.5 Å². The minimum atomic E-state index is -4.21. The van der Waals surface area contributed by atoms with Crippen LogP contribution < -0.4 is 4.74 Å². The number of halogens is 2. The lowest BCUT2D eigenvalue weighted by atomic mass is 10.1. The summed E-state index contributed by atoms with van der Waals surface area (Å²) >= 11 is 12.4. The van der Waals surface area contributed by atoms with Gasteiger partial charge in [-0.1, -0.05) is 47.5 Å². The van der Waals surface area contributed by atoms with Gasteiger partial charge in [0.25, 0.3) is 21.8 Å². The van der Waals surface area contributed by atoms with Gasteiger partial charge in [-0.15, -0.1) is 0 Å². The normalized spacial score (nSPS) is 13.5. The number of nitrogens with zero attached hydrogens (tertiary/aromatic N) is 3. The molecule has 0 spiro atoms. The Balaban J connectivity index is 1.61. The number of benzene rings is 3. The molecule has 0 atom stereocenters. The highest BCUT2D eigenvalue weighted by Gasteiger charge is 2.35. The van der Waals surface area contributed by atoms with E-state index in [-0.39, 0.29) is 45.0 Å². The summed E-state index contributed by atoms with van der Waals surface area (Å²) in [7, 11) is -2.84. The molecule has 178 valence electrons. The number of amides is 2. The molecule has 0 N–H and O–H groups in total. The lowest BCUT2D eigenvalue weighted by Crippen LogP contribution is -2.32. The van der Waals surface area contributed by atoms with Crippen LogP contribution in [-0.4, -0.2) is 47.7 Å². The molecule has 5 rings (SSSR count). The highest BCUT2D eigenvalue weighted by atomic mass is 35.5. The highest BCUT2D eigenvalue weighted by Crippen LogP contribution is 2.33. The zero-order valence-electron chi connectivity index (χ0n) is 18.2. The first-order valence-corrected chi connectivity index (χ1v) is 12.6. The molecule has 3 aromatic carbocycles. The van der Waals surface area contributed by atoms with Gasteiger partial charge in [0.05, 0.1) is 39.3 Å². The SMILES string of the molecule is COc1ccccc1S(=O)(=O)n1c(CCN2C(=O)c3ccccc3C2=O)nc2cc(Cl)c(Cl)cc21. The molecule has 2 amide bonds. The van der Waals surface area contributed by atoms with Crippen molar-refractivity contribution in [3.8, 4) is 5.75 Å². The standard InChI is InChI=1S/C24H17Cl2N3O5S/c1-34-20-8-4-5-9-21(20)35(32,33)29-19-13-17(26)16(25)12-18(19)27-22(29)10-11-28-23(30)14-6-2-3-7-15(14)24(28)31/h2-9,12-13H,10-11H2,1H3. The van der Waals surface area contributed by atoms with Crippen LogP contribution >= 0.6 is 23.2 Å². The third-order valence-corrected chi connectivity index (χ3v) is 8.25. The van der Waals surface area contributed by atoms with Crippen LogP contribution in [0.3, 0.4) is 0 Å². The van der Waals surface area contributed by atoms with Crippen molar-refractivity contribution in [2.24, 2.45) is 0 Å². The Kier molecular flexibility index (Phi) is 5.79. The van der Waals surface area contributed by atoms with E-state index < -0.39 is 21.8 Å². The van der Waals surface area contributed by atoms with Crippen molar-refractivity contribution in [3.05, 3.63) is 87.7 Å². The van der Waals surface area contributed by atoms with Crippen LogP contribution in [0.1, 0.15) is 26.5 Å². The molecule has 0 unspecified atom stereocenters. The van der Waals surface area contributed by atoms with Crippen molar-refractivity contribution in [3.63, 3.8) is 0 Å². The first-order chi connectivity index (χ1) is 16.7. The number of hydrogen-bond acceptors (Lipinski definition) is 6. The van der Waals surface area contributed by atoms with Crippen molar-refractivity contribution in [1.29, 1.82) is 0 Å². The Hall–Kier alpha value is -3.40. The molecular formula is C24H17Cl2N3O5S. The van der Waals surface area contributed by atoms with E-state index >= 15 is 0 Å². The first-order valence-electron chi connectivity index (χ1n) is 10.4. The van der Waals surface area contributed by atoms with Crippen LogP contribution in [0, 0.1) is 0 Å². The molecule has 1 aromatic heterocycles. The van der Waals surface area contributed by atoms with Crippen LogP contribution in [0.25, 0.3) is 11.0 Å². The molecule has 11 heteroatoms. The molecule has 1 aliphatic heterocycles. The van der Waals surface area contributed by atoms with Crippen molar-refractivity contribution < 1.29 is 22.7 Å². The minimum absolute atomic E-state index is 0.0240. The number of imidazole rings is 1. The van der Waals surface area contributed by atoms with Crippen LogP contribution in [0.15, 0.2) is 65.6 Å². The van der Waals surface area contributed by atoms with Gasteiger partial charge in [0.1, 0.15) is 16.5 Å². The van der Waals surface area contributed by atoms with Gasteiger partial charge >= 0.3 is 0 Å². The van der Waals surface area contributed by atoms with Crippen LogP contribution in [0.5, 0.6) is 5.75 Å². The van der Waals surface area contributed by atoms with Crippen LogP contribution in [-0.2, 0) is 16.4 Å². The number of ether oxygens (including phenoxy) is 1. The van der Waals surface area contributed by atoms with E-state index in [0.29, 0.717) is 16.6 Å².